The summed E-state index contributed by atoms with van der Waals surface area (Å²) in [6.45, 7) is 14.4. The number of carbonyl (C=O) groups is 2. The van der Waals surface area contributed by atoms with E-state index in [1.165, 1.54) is 0 Å². The molecule has 0 spiro atoms. The van der Waals surface area contributed by atoms with Gasteiger partial charge in [-0.15, -0.1) is 0 Å². The Kier molecular flexibility index (Phi) is 13.2. The van der Waals surface area contributed by atoms with Gasteiger partial charge < -0.3 is 15.0 Å². The molecule has 1 saturated heterocycles. The summed E-state index contributed by atoms with van der Waals surface area (Å²) in [6.07, 6.45) is 5.71. The summed E-state index contributed by atoms with van der Waals surface area (Å²) in [6, 6.07) is 0.370. The van der Waals surface area contributed by atoms with Crippen LogP contribution < -0.4 is 5.32 Å². The maximum atomic E-state index is 12.4. The van der Waals surface area contributed by atoms with Crippen molar-refractivity contribution in [2.75, 3.05) is 45.9 Å². The van der Waals surface area contributed by atoms with Crippen LogP contribution in [0.2, 0.25) is 0 Å². The van der Waals surface area contributed by atoms with Crippen molar-refractivity contribution in [2.45, 2.75) is 78.7 Å². The van der Waals surface area contributed by atoms with Crippen LogP contribution in [0.3, 0.4) is 0 Å². The Morgan fingerprint density at radius 3 is 2.14 bits per heavy atom. The molecular formula is C22H43N3O3. The molecule has 6 heteroatoms. The van der Waals surface area contributed by atoms with E-state index < -0.39 is 0 Å². The predicted molar refractivity (Wildman–Crippen MR) is 114 cm³/mol. The first-order valence-electron chi connectivity index (χ1n) is 11.4. The molecule has 2 amide bonds. The fourth-order valence-electron chi connectivity index (χ4n) is 4.10. The predicted octanol–water partition coefficient (Wildman–Crippen LogP) is 3.06. The van der Waals surface area contributed by atoms with Crippen molar-refractivity contribution in [1.82, 2.24) is 15.1 Å². The van der Waals surface area contributed by atoms with Crippen LogP contribution in [0.25, 0.3) is 0 Å². The van der Waals surface area contributed by atoms with E-state index in [4.69, 9.17) is 4.74 Å². The first-order valence-corrected chi connectivity index (χ1v) is 11.4. The molecule has 6 nitrogen and oxygen atoms in total. The summed E-state index contributed by atoms with van der Waals surface area (Å²) in [5.74, 6) is 0.825. The molecule has 0 aromatic rings. The van der Waals surface area contributed by atoms with Crippen molar-refractivity contribution < 1.29 is 14.3 Å². The largest absolute Gasteiger partial charge is 0.379 e. The van der Waals surface area contributed by atoms with Crippen LogP contribution in [0.15, 0.2) is 0 Å². The zero-order chi connectivity index (χ0) is 20.8. The van der Waals surface area contributed by atoms with Crippen molar-refractivity contribution in [1.29, 1.82) is 0 Å². The van der Waals surface area contributed by atoms with Gasteiger partial charge in [0.2, 0.25) is 11.8 Å². The molecular weight excluding hydrogens is 354 g/mol. The molecule has 1 atom stereocenters. The number of amides is 2. The van der Waals surface area contributed by atoms with Crippen LogP contribution in [-0.2, 0) is 14.3 Å². The zero-order valence-electron chi connectivity index (χ0n) is 18.7. The van der Waals surface area contributed by atoms with Gasteiger partial charge in [-0.3, -0.25) is 14.5 Å². The fourth-order valence-corrected chi connectivity index (χ4v) is 4.10. The molecule has 1 aliphatic rings. The third kappa shape index (κ3) is 8.91. The standard InChI is InChI=1S/C22H43N3O3/c1-5-12-25(13-6-2)22(27)11-9-10-21(26)23-18-20(19(7-3)8-4)24-14-16-28-17-15-24/h19-20H,5-18H2,1-4H3,(H,23,26). The van der Waals surface area contributed by atoms with Gasteiger partial charge in [-0.25, -0.2) is 0 Å². The molecule has 1 N–H and O–H groups in total. The molecule has 0 radical (unpaired) electrons. The van der Waals surface area contributed by atoms with Crippen molar-refractivity contribution in [3.05, 3.63) is 0 Å². The van der Waals surface area contributed by atoms with Crippen LogP contribution in [0.1, 0.15) is 72.6 Å². The number of hydrogen-bond donors (Lipinski definition) is 1. The lowest BCUT2D eigenvalue weighted by atomic mass is 9.92. The normalized spacial score (nSPS) is 16.2. The van der Waals surface area contributed by atoms with Gasteiger partial charge in [-0.1, -0.05) is 40.5 Å². The van der Waals surface area contributed by atoms with E-state index in [-0.39, 0.29) is 11.8 Å². The Morgan fingerprint density at radius 2 is 1.61 bits per heavy atom. The highest BCUT2D eigenvalue weighted by molar-refractivity contribution is 5.79. The highest BCUT2D eigenvalue weighted by atomic mass is 16.5. The molecule has 1 aliphatic heterocycles. The monoisotopic (exact) mass is 397 g/mol. The van der Waals surface area contributed by atoms with Gasteiger partial charge in [0.05, 0.1) is 13.2 Å². The second-order valence-electron chi connectivity index (χ2n) is 7.83. The number of hydrogen-bond acceptors (Lipinski definition) is 4. The first kappa shape index (κ1) is 24.9. The highest BCUT2D eigenvalue weighted by Crippen LogP contribution is 2.19. The van der Waals surface area contributed by atoms with E-state index >= 15 is 0 Å². The minimum Gasteiger partial charge on any atom is -0.379 e. The van der Waals surface area contributed by atoms with Gasteiger partial charge in [0.25, 0.3) is 0 Å². The van der Waals surface area contributed by atoms with Crippen molar-refractivity contribution in [3.63, 3.8) is 0 Å². The van der Waals surface area contributed by atoms with Crippen LogP contribution in [0, 0.1) is 5.92 Å². The Hall–Kier alpha value is -1.14. The maximum Gasteiger partial charge on any atom is 0.222 e. The summed E-state index contributed by atoms with van der Waals surface area (Å²) in [4.78, 5) is 29.1. The van der Waals surface area contributed by atoms with E-state index in [0.717, 1.165) is 65.1 Å². The first-order chi connectivity index (χ1) is 13.6. The molecule has 1 fully saturated rings. The second-order valence-corrected chi connectivity index (χ2v) is 7.83. The van der Waals surface area contributed by atoms with Gasteiger partial charge in [-0.2, -0.15) is 0 Å². The molecule has 0 aromatic carbocycles. The Labute approximate surface area is 172 Å². The summed E-state index contributed by atoms with van der Waals surface area (Å²) in [5, 5.41) is 3.14. The third-order valence-electron chi connectivity index (χ3n) is 5.75. The van der Waals surface area contributed by atoms with Crippen molar-refractivity contribution >= 4 is 11.8 Å². The van der Waals surface area contributed by atoms with Gasteiger partial charge in [0.15, 0.2) is 0 Å². The van der Waals surface area contributed by atoms with Crippen molar-refractivity contribution in [2.24, 2.45) is 5.92 Å². The lowest BCUT2D eigenvalue weighted by Gasteiger charge is -2.38. The molecule has 1 heterocycles. The lowest BCUT2D eigenvalue weighted by molar-refractivity contribution is -0.131. The molecule has 1 rings (SSSR count). The highest BCUT2D eigenvalue weighted by Gasteiger charge is 2.27. The Balaban J connectivity index is 2.41. The van der Waals surface area contributed by atoms with Gasteiger partial charge in [0, 0.05) is 51.6 Å². The van der Waals surface area contributed by atoms with Crippen LogP contribution in [0.4, 0.5) is 0 Å². The van der Waals surface area contributed by atoms with E-state index in [0.29, 0.717) is 37.8 Å². The second kappa shape index (κ2) is 14.8. The van der Waals surface area contributed by atoms with Gasteiger partial charge in [0.1, 0.15) is 0 Å². The summed E-state index contributed by atoms with van der Waals surface area (Å²) >= 11 is 0. The molecule has 0 aliphatic carbocycles. The van der Waals surface area contributed by atoms with Gasteiger partial charge >= 0.3 is 0 Å². The summed E-state index contributed by atoms with van der Waals surface area (Å²) in [5.41, 5.74) is 0. The quantitative estimate of drug-likeness (QED) is 0.489. The molecule has 164 valence electrons. The smallest absolute Gasteiger partial charge is 0.222 e. The number of ether oxygens (including phenoxy) is 1. The maximum absolute atomic E-state index is 12.4. The average Bonchev–Trinajstić information content (AvgIpc) is 2.71. The van der Waals surface area contributed by atoms with Gasteiger partial charge in [-0.05, 0) is 25.2 Å². The zero-order valence-corrected chi connectivity index (χ0v) is 18.7. The Bertz CT molecular complexity index is 429. The molecule has 0 saturated carbocycles. The lowest BCUT2D eigenvalue weighted by Crippen LogP contribution is -2.52. The van der Waals surface area contributed by atoms with Crippen LogP contribution in [-0.4, -0.2) is 73.6 Å². The van der Waals surface area contributed by atoms with Crippen LogP contribution >= 0.6 is 0 Å². The SMILES string of the molecule is CCCN(CCC)C(=O)CCCC(=O)NCC(C(CC)CC)N1CCOCC1. The topological polar surface area (TPSA) is 61.9 Å². The minimum atomic E-state index is 0.0644. The minimum absolute atomic E-state index is 0.0644. The Morgan fingerprint density at radius 1 is 1.00 bits per heavy atom. The number of carbonyl (C=O) groups excluding carboxylic acids is 2. The van der Waals surface area contributed by atoms with Crippen LogP contribution in [0.5, 0.6) is 0 Å². The van der Waals surface area contributed by atoms with E-state index in [2.05, 4.69) is 37.9 Å². The van der Waals surface area contributed by atoms with E-state index in [1.54, 1.807) is 0 Å². The molecule has 0 aromatic heterocycles. The average molecular weight is 398 g/mol. The molecule has 28 heavy (non-hydrogen) atoms. The number of morpholine rings is 1. The number of rotatable bonds is 14. The fraction of sp³-hybridized carbons (Fsp3) is 0.909. The van der Waals surface area contributed by atoms with Crippen molar-refractivity contribution in [3.8, 4) is 0 Å². The number of nitrogens with zero attached hydrogens (tertiary/aromatic N) is 2. The van der Waals surface area contributed by atoms with E-state index in [1.807, 2.05) is 4.90 Å². The number of nitrogens with one attached hydrogen (secondary N) is 1. The summed E-state index contributed by atoms with van der Waals surface area (Å²) in [7, 11) is 0. The third-order valence-corrected chi connectivity index (χ3v) is 5.75. The summed E-state index contributed by atoms with van der Waals surface area (Å²) < 4.78 is 5.49. The molecule has 1 unspecified atom stereocenters. The van der Waals surface area contributed by atoms with E-state index in [9.17, 15) is 9.59 Å². The molecule has 0 bridgehead atoms.